The molecule has 0 aliphatic carbocycles. The van der Waals surface area contributed by atoms with E-state index in [1.54, 1.807) is 30.4 Å². The minimum absolute atomic E-state index is 0.112. The first-order chi connectivity index (χ1) is 15.1. The first-order valence-electron chi connectivity index (χ1n) is 9.92. The Bertz CT molecular complexity index is 1260. The largest absolute Gasteiger partial charge is 0.507 e. The fourth-order valence-corrected chi connectivity index (χ4v) is 4.13. The Hall–Kier alpha value is -4.00. The van der Waals surface area contributed by atoms with Gasteiger partial charge in [-0.05, 0) is 48.9 Å². The number of benzene rings is 2. The quantitative estimate of drug-likeness (QED) is 0.503. The molecular weight excluding hydrogens is 394 g/mol. The monoisotopic (exact) mass is 415 g/mol. The van der Waals surface area contributed by atoms with Crippen LogP contribution in [0, 0.1) is 6.92 Å². The number of ether oxygens (including phenoxy) is 1. The lowest BCUT2D eigenvalue weighted by Gasteiger charge is -2.26. The van der Waals surface area contributed by atoms with Gasteiger partial charge in [-0.1, -0.05) is 23.8 Å². The number of nitrogens with zero attached hydrogens (tertiary/aromatic N) is 2. The highest BCUT2D eigenvalue weighted by atomic mass is 16.5. The molecule has 2 N–H and O–H groups in total. The molecule has 1 atom stereocenters. The maximum Gasteiger partial charge on any atom is 0.273 e. The van der Waals surface area contributed by atoms with Gasteiger partial charge in [0.2, 0.25) is 0 Å². The maximum atomic E-state index is 13.4. The number of rotatable bonds is 5. The second kappa shape index (κ2) is 7.36. The van der Waals surface area contributed by atoms with Gasteiger partial charge in [0.25, 0.3) is 5.91 Å². The number of fused-ring (bicyclic) bond motifs is 1. The lowest BCUT2D eigenvalue weighted by molar-refractivity contribution is 0.0717. The molecule has 3 heterocycles. The van der Waals surface area contributed by atoms with E-state index >= 15 is 0 Å². The van der Waals surface area contributed by atoms with Gasteiger partial charge in [-0.15, -0.1) is 0 Å². The number of aryl methyl sites for hydroxylation is 1. The van der Waals surface area contributed by atoms with Crippen LogP contribution in [0.2, 0.25) is 0 Å². The van der Waals surface area contributed by atoms with Gasteiger partial charge in [-0.3, -0.25) is 9.89 Å². The molecule has 2 aromatic heterocycles. The van der Waals surface area contributed by atoms with E-state index in [4.69, 9.17) is 9.15 Å². The van der Waals surface area contributed by atoms with Crippen LogP contribution in [0.5, 0.6) is 11.5 Å². The number of nitrogens with one attached hydrogen (secondary N) is 1. The molecule has 0 saturated heterocycles. The molecule has 31 heavy (non-hydrogen) atoms. The Morgan fingerprint density at radius 2 is 2.06 bits per heavy atom. The summed E-state index contributed by atoms with van der Waals surface area (Å²) in [6, 6.07) is 16.2. The number of aromatic amines is 1. The van der Waals surface area contributed by atoms with Crippen molar-refractivity contribution in [3.8, 4) is 22.8 Å². The number of aromatic hydroxyl groups is 1. The van der Waals surface area contributed by atoms with Gasteiger partial charge in [0.1, 0.15) is 28.6 Å². The number of carbonyl (C=O) groups excluding carboxylic acids is 1. The van der Waals surface area contributed by atoms with Crippen LogP contribution in [0.1, 0.15) is 39.0 Å². The molecule has 0 bridgehead atoms. The van der Waals surface area contributed by atoms with Gasteiger partial charge in [-0.25, -0.2) is 0 Å². The first-order valence-corrected chi connectivity index (χ1v) is 9.92. The Labute approximate surface area is 178 Å². The third-order valence-corrected chi connectivity index (χ3v) is 5.59. The van der Waals surface area contributed by atoms with Crippen molar-refractivity contribution in [3.05, 3.63) is 89.0 Å². The molecular formula is C24H21N3O4. The van der Waals surface area contributed by atoms with E-state index in [1.807, 2.05) is 49.4 Å². The van der Waals surface area contributed by atoms with Crippen LogP contribution in [0.25, 0.3) is 11.3 Å². The maximum absolute atomic E-state index is 13.4. The van der Waals surface area contributed by atoms with E-state index in [1.165, 1.54) is 0 Å². The number of furan rings is 1. The zero-order chi connectivity index (χ0) is 21.5. The molecule has 2 aromatic carbocycles. The summed E-state index contributed by atoms with van der Waals surface area (Å²) >= 11 is 0. The number of carbonyl (C=O) groups is 1. The van der Waals surface area contributed by atoms with Crippen molar-refractivity contribution in [1.29, 1.82) is 0 Å². The van der Waals surface area contributed by atoms with Crippen LogP contribution in [0.3, 0.4) is 0 Å². The van der Waals surface area contributed by atoms with Crippen LogP contribution in [-0.4, -0.2) is 33.2 Å². The van der Waals surface area contributed by atoms with Crippen LogP contribution in [0.15, 0.2) is 65.3 Å². The minimum atomic E-state index is -0.420. The molecule has 1 unspecified atom stereocenters. The van der Waals surface area contributed by atoms with Gasteiger partial charge in [-0.2, -0.15) is 5.10 Å². The lowest BCUT2D eigenvalue weighted by Crippen LogP contribution is -2.29. The van der Waals surface area contributed by atoms with Gasteiger partial charge in [0.05, 0.1) is 26.0 Å². The van der Waals surface area contributed by atoms with Crippen molar-refractivity contribution in [2.24, 2.45) is 0 Å². The van der Waals surface area contributed by atoms with E-state index in [-0.39, 0.29) is 11.7 Å². The average molecular weight is 415 g/mol. The van der Waals surface area contributed by atoms with E-state index in [9.17, 15) is 9.90 Å². The fraction of sp³-hybridized carbons (Fsp3) is 0.167. The predicted octanol–water partition coefficient (Wildman–Crippen LogP) is 4.44. The summed E-state index contributed by atoms with van der Waals surface area (Å²) < 4.78 is 10.9. The van der Waals surface area contributed by atoms with Crippen LogP contribution in [-0.2, 0) is 6.54 Å². The fourth-order valence-electron chi connectivity index (χ4n) is 4.13. The van der Waals surface area contributed by atoms with Crippen LogP contribution in [0.4, 0.5) is 0 Å². The normalized spacial score (nSPS) is 15.4. The highest BCUT2D eigenvalue weighted by Gasteiger charge is 2.43. The summed E-state index contributed by atoms with van der Waals surface area (Å²) in [5, 5.41) is 17.9. The zero-order valence-corrected chi connectivity index (χ0v) is 17.1. The van der Waals surface area contributed by atoms with Crippen molar-refractivity contribution >= 4 is 5.91 Å². The first kappa shape index (κ1) is 19.0. The van der Waals surface area contributed by atoms with Crippen molar-refractivity contribution in [2.75, 3.05) is 7.11 Å². The molecule has 1 aliphatic rings. The molecule has 4 aromatic rings. The molecule has 5 rings (SSSR count). The van der Waals surface area contributed by atoms with Gasteiger partial charge >= 0.3 is 0 Å². The summed E-state index contributed by atoms with van der Waals surface area (Å²) in [7, 11) is 1.61. The molecule has 0 radical (unpaired) electrons. The second-order valence-corrected chi connectivity index (χ2v) is 7.57. The van der Waals surface area contributed by atoms with E-state index < -0.39 is 6.04 Å². The smallest absolute Gasteiger partial charge is 0.273 e. The summed E-state index contributed by atoms with van der Waals surface area (Å²) in [6.07, 6.45) is 1.59. The molecule has 0 saturated carbocycles. The van der Waals surface area contributed by atoms with Gasteiger partial charge in [0.15, 0.2) is 0 Å². The number of aromatic nitrogens is 2. The zero-order valence-electron chi connectivity index (χ0n) is 17.1. The number of phenolic OH excluding ortho intramolecular Hbond substituents is 1. The van der Waals surface area contributed by atoms with Crippen molar-refractivity contribution in [1.82, 2.24) is 15.1 Å². The molecule has 7 heteroatoms. The number of phenols is 1. The third kappa shape index (κ3) is 3.15. The number of methoxy groups -OCH3 is 1. The molecule has 1 aliphatic heterocycles. The van der Waals surface area contributed by atoms with Crippen molar-refractivity contribution < 1.29 is 19.1 Å². The molecule has 7 nitrogen and oxygen atoms in total. The molecule has 156 valence electrons. The van der Waals surface area contributed by atoms with Gasteiger partial charge in [0, 0.05) is 11.1 Å². The van der Waals surface area contributed by atoms with E-state index in [2.05, 4.69) is 10.2 Å². The predicted molar refractivity (Wildman–Crippen MR) is 114 cm³/mol. The summed E-state index contributed by atoms with van der Waals surface area (Å²) in [5.74, 6) is 1.31. The Kier molecular flexibility index (Phi) is 4.51. The van der Waals surface area contributed by atoms with Gasteiger partial charge < -0.3 is 19.2 Å². The Morgan fingerprint density at radius 3 is 2.84 bits per heavy atom. The summed E-state index contributed by atoms with van der Waals surface area (Å²) in [5.41, 5.74) is 4.14. The highest BCUT2D eigenvalue weighted by Crippen LogP contribution is 2.45. The molecule has 0 fully saturated rings. The van der Waals surface area contributed by atoms with E-state index in [0.29, 0.717) is 35.0 Å². The second-order valence-electron chi connectivity index (χ2n) is 7.57. The van der Waals surface area contributed by atoms with Crippen LogP contribution >= 0.6 is 0 Å². The van der Waals surface area contributed by atoms with Crippen molar-refractivity contribution in [2.45, 2.75) is 19.5 Å². The van der Waals surface area contributed by atoms with E-state index in [0.717, 1.165) is 16.7 Å². The number of hydrogen-bond donors (Lipinski definition) is 2. The highest BCUT2D eigenvalue weighted by molar-refractivity contribution is 6.00. The standard InChI is InChI=1S/C24H21N3O4/c1-14-8-9-19(28)18(11-14)21-20-22(26-25-21)24(29)27(13-17-7-4-10-31-17)23(20)15-5-3-6-16(12-15)30-2/h3-12,23,28H,13H2,1-2H3,(H,25,26). The van der Waals surface area contributed by atoms with Crippen molar-refractivity contribution in [3.63, 3.8) is 0 Å². The average Bonchev–Trinajstić information content (AvgIpc) is 3.50. The Morgan fingerprint density at radius 1 is 1.19 bits per heavy atom. The topological polar surface area (TPSA) is 91.6 Å². The third-order valence-electron chi connectivity index (χ3n) is 5.59. The number of amides is 1. The molecule has 0 spiro atoms. The summed E-state index contributed by atoms with van der Waals surface area (Å²) in [4.78, 5) is 15.1. The van der Waals surface area contributed by atoms with Crippen LogP contribution < -0.4 is 4.74 Å². The Balaban J connectivity index is 1.70. The summed E-state index contributed by atoms with van der Waals surface area (Å²) in [6.45, 7) is 2.25. The SMILES string of the molecule is COc1cccc(C2c3c(-c4cc(C)ccc4O)n[nH]c3C(=O)N2Cc2ccco2)c1. The number of H-pyrrole nitrogens is 1. The minimum Gasteiger partial charge on any atom is -0.507 e. The lowest BCUT2D eigenvalue weighted by atomic mass is 9.95. The number of hydrogen-bond acceptors (Lipinski definition) is 5. The molecule has 1 amide bonds.